The molecule has 3 N–H and O–H groups in total. The molecule has 0 bridgehead atoms. The third-order valence-electron chi connectivity index (χ3n) is 4.03. The summed E-state index contributed by atoms with van der Waals surface area (Å²) in [5, 5.41) is 3.65. The zero-order valence-corrected chi connectivity index (χ0v) is 12.8. The van der Waals surface area contributed by atoms with E-state index in [9.17, 15) is 0 Å². The van der Waals surface area contributed by atoms with Crippen LogP contribution in [-0.4, -0.2) is 16.0 Å². The lowest BCUT2D eigenvalue weighted by Crippen LogP contribution is -2.31. The Morgan fingerprint density at radius 2 is 2.05 bits per heavy atom. The van der Waals surface area contributed by atoms with Gasteiger partial charge in [-0.25, -0.2) is 0 Å². The van der Waals surface area contributed by atoms with Crippen molar-refractivity contribution in [2.24, 2.45) is 11.7 Å². The maximum atomic E-state index is 5.86. The molecule has 1 saturated carbocycles. The van der Waals surface area contributed by atoms with Crippen LogP contribution in [0.4, 0.5) is 5.69 Å². The molecule has 0 aliphatic heterocycles. The Hall–Kier alpha value is -1.16. The lowest BCUT2D eigenvalue weighted by atomic mass is 9.85. The zero-order valence-electron chi connectivity index (χ0n) is 12.0. The Bertz CT molecular complexity index is 485. The minimum absolute atomic E-state index is 0.427. The summed E-state index contributed by atoms with van der Waals surface area (Å²) in [4.78, 5) is 4.89. The van der Waals surface area contributed by atoms with Crippen LogP contribution in [0.15, 0.2) is 6.07 Å². The standard InChI is InChI=1S/C15H23N3S/c1-9-6-4-5-7-12(9)18-13-8-10(2)17-11(3)14(13)15(16)19/h8-9,12H,4-7H2,1-3H3,(H2,16,19)(H,17,18). The maximum absolute atomic E-state index is 5.86. The number of nitrogens with one attached hydrogen (secondary N) is 1. The van der Waals surface area contributed by atoms with E-state index < -0.39 is 0 Å². The third kappa shape index (κ3) is 3.24. The highest BCUT2D eigenvalue weighted by molar-refractivity contribution is 7.80. The fraction of sp³-hybridized carbons (Fsp3) is 0.600. The molecule has 2 unspecified atom stereocenters. The molecule has 0 aromatic carbocycles. The summed E-state index contributed by atoms with van der Waals surface area (Å²) in [6.45, 7) is 6.29. The Morgan fingerprint density at radius 1 is 1.37 bits per heavy atom. The predicted octanol–water partition coefficient (Wildman–Crippen LogP) is 3.32. The molecular formula is C15H23N3S. The maximum Gasteiger partial charge on any atom is 0.107 e. The molecule has 1 aliphatic carbocycles. The van der Waals surface area contributed by atoms with Gasteiger partial charge in [0.25, 0.3) is 0 Å². The van der Waals surface area contributed by atoms with E-state index in [4.69, 9.17) is 18.0 Å². The number of pyridine rings is 1. The molecule has 0 radical (unpaired) electrons. The molecule has 19 heavy (non-hydrogen) atoms. The summed E-state index contributed by atoms with van der Waals surface area (Å²) in [6.07, 6.45) is 5.16. The van der Waals surface area contributed by atoms with Crippen molar-refractivity contribution in [2.75, 3.05) is 5.32 Å². The van der Waals surface area contributed by atoms with E-state index >= 15 is 0 Å². The average Bonchev–Trinajstić information content (AvgIpc) is 2.30. The molecule has 2 rings (SSSR count). The van der Waals surface area contributed by atoms with Gasteiger partial charge in [-0.15, -0.1) is 0 Å². The van der Waals surface area contributed by atoms with E-state index in [0.29, 0.717) is 16.9 Å². The quantitative estimate of drug-likeness (QED) is 0.832. The van der Waals surface area contributed by atoms with Crippen molar-refractivity contribution >= 4 is 22.9 Å². The molecule has 1 aliphatic rings. The number of anilines is 1. The molecule has 4 heteroatoms. The van der Waals surface area contributed by atoms with E-state index in [-0.39, 0.29) is 0 Å². The lowest BCUT2D eigenvalue weighted by molar-refractivity contribution is 0.349. The number of aromatic nitrogens is 1. The second-order valence-electron chi connectivity index (χ2n) is 5.65. The fourth-order valence-corrected chi connectivity index (χ4v) is 3.24. The summed E-state index contributed by atoms with van der Waals surface area (Å²) in [6, 6.07) is 2.58. The summed E-state index contributed by atoms with van der Waals surface area (Å²) < 4.78 is 0. The fourth-order valence-electron chi connectivity index (χ4n) is 2.98. The van der Waals surface area contributed by atoms with Crippen LogP contribution in [0, 0.1) is 19.8 Å². The van der Waals surface area contributed by atoms with Gasteiger partial charge in [-0.1, -0.05) is 32.0 Å². The van der Waals surface area contributed by atoms with E-state index in [2.05, 4.69) is 23.3 Å². The zero-order chi connectivity index (χ0) is 14.0. The molecule has 104 valence electrons. The second-order valence-corrected chi connectivity index (χ2v) is 6.09. The molecule has 2 atom stereocenters. The summed E-state index contributed by atoms with van der Waals surface area (Å²) in [5.74, 6) is 0.696. The van der Waals surface area contributed by atoms with E-state index in [1.165, 1.54) is 25.7 Å². The molecule has 1 heterocycles. The van der Waals surface area contributed by atoms with Crippen LogP contribution >= 0.6 is 12.2 Å². The third-order valence-corrected chi connectivity index (χ3v) is 4.23. The van der Waals surface area contributed by atoms with Crippen LogP contribution < -0.4 is 11.1 Å². The molecule has 0 saturated heterocycles. The topological polar surface area (TPSA) is 50.9 Å². The minimum atomic E-state index is 0.427. The molecular weight excluding hydrogens is 254 g/mol. The first-order chi connectivity index (χ1) is 8.99. The van der Waals surface area contributed by atoms with Gasteiger partial charge in [0.2, 0.25) is 0 Å². The van der Waals surface area contributed by atoms with Crippen LogP contribution in [0.3, 0.4) is 0 Å². The number of thiocarbonyl (C=S) groups is 1. The van der Waals surface area contributed by atoms with Crippen molar-refractivity contribution in [1.29, 1.82) is 0 Å². The van der Waals surface area contributed by atoms with Crippen LogP contribution in [0.5, 0.6) is 0 Å². The van der Waals surface area contributed by atoms with Crippen molar-refractivity contribution in [2.45, 2.75) is 52.5 Å². The largest absolute Gasteiger partial charge is 0.389 e. The predicted molar refractivity (Wildman–Crippen MR) is 84.6 cm³/mol. The van der Waals surface area contributed by atoms with Gasteiger partial charge in [-0.3, -0.25) is 4.98 Å². The van der Waals surface area contributed by atoms with Gasteiger partial charge in [0.1, 0.15) is 4.99 Å². The van der Waals surface area contributed by atoms with E-state index in [0.717, 1.165) is 22.6 Å². The first-order valence-electron chi connectivity index (χ1n) is 7.03. The monoisotopic (exact) mass is 277 g/mol. The van der Waals surface area contributed by atoms with Crippen molar-refractivity contribution in [3.05, 3.63) is 23.0 Å². The number of nitrogens with zero attached hydrogens (tertiary/aromatic N) is 1. The number of hydrogen-bond acceptors (Lipinski definition) is 3. The van der Waals surface area contributed by atoms with Crippen molar-refractivity contribution in [1.82, 2.24) is 4.98 Å². The normalized spacial score (nSPS) is 23.1. The van der Waals surface area contributed by atoms with Gasteiger partial charge in [0, 0.05) is 23.1 Å². The van der Waals surface area contributed by atoms with Gasteiger partial charge in [-0.05, 0) is 38.7 Å². The van der Waals surface area contributed by atoms with Gasteiger partial charge in [-0.2, -0.15) is 0 Å². The van der Waals surface area contributed by atoms with Crippen molar-refractivity contribution in [3.63, 3.8) is 0 Å². The highest BCUT2D eigenvalue weighted by Crippen LogP contribution is 2.29. The smallest absolute Gasteiger partial charge is 0.107 e. The van der Waals surface area contributed by atoms with E-state index in [1.807, 2.05) is 13.8 Å². The van der Waals surface area contributed by atoms with Crippen molar-refractivity contribution < 1.29 is 0 Å². The molecule has 3 nitrogen and oxygen atoms in total. The van der Waals surface area contributed by atoms with Crippen LogP contribution in [0.25, 0.3) is 0 Å². The Morgan fingerprint density at radius 3 is 2.68 bits per heavy atom. The lowest BCUT2D eigenvalue weighted by Gasteiger charge is -2.31. The second kappa shape index (κ2) is 5.87. The summed E-state index contributed by atoms with van der Waals surface area (Å²) in [7, 11) is 0. The number of aryl methyl sites for hydroxylation is 2. The van der Waals surface area contributed by atoms with Crippen LogP contribution in [0.1, 0.15) is 49.6 Å². The van der Waals surface area contributed by atoms with Gasteiger partial charge in [0.05, 0.1) is 5.56 Å². The average molecular weight is 277 g/mol. The summed E-state index contributed by atoms with van der Waals surface area (Å²) >= 11 is 5.18. The van der Waals surface area contributed by atoms with Gasteiger partial charge >= 0.3 is 0 Å². The summed E-state index contributed by atoms with van der Waals surface area (Å²) in [5.41, 5.74) is 9.73. The SMILES string of the molecule is Cc1cc(NC2CCCCC2C)c(C(N)=S)c(C)n1. The molecule has 1 aromatic rings. The van der Waals surface area contributed by atoms with Crippen molar-refractivity contribution in [3.8, 4) is 0 Å². The Kier molecular flexibility index (Phi) is 4.40. The highest BCUT2D eigenvalue weighted by atomic mass is 32.1. The molecule has 1 fully saturated rings. The first kappa shape index (κ1) is 14.3. The Labute approximate surface area is 121 Å². The van der Waals surface area contributed by atoms with Crippen LogP contribution in [-0.2, 0) is 0 Å². The number of rotatable bonds is 3. The van der Waals surface area contributed by atoms with Crippen LogP contribution in [0.2, 0.25) is 0 Å². The van der Waals surface area contributed by atoms with Gasteiger partial charge < -0.3 is 11.1 Å². The molecule has 0 amide bonds. The number of nitrogens with two attached hydrogens (primary N) is 1. The molecule has 1 aromatic heterocycles. The first-order valence-corrected chi connectivity index (χ1v) is 7.44. The minimum Gasteiger partial charge on any atom is -0.389 e. The van der Waals surface area contributed by atoms with E-state index in [1.54, 1.807) is 0 Å². The molecule has 0 spiro atoms. The number of hydrogen-bond donors (Lipinski definition) is 2. The van der Waals surface area contributed by atoms with Gasteiger partial charge in [0.15, 0.2) is 0 Å². The highest BCUT2D eigenvalue weighted by Gasteiger charge is 2.22. The Balaban J connectivity index is 2.30.